The Kier molecular flexibility index (Phi) is 15.7. The number of piperidine rings is 1. The number of benzene rings is 4. The third-order valence-corrected chi connectivity index (χ3v) is 20.0. The Hall–Kier alpha value is -4.50. The van der Waals surface area contributed by atoms with E-state index in [0.717, 1.165) is 97.5 Å². The summed E-state index contributed by atoms with van der Waals surface area (Å²) in [5, 5.41) is 9.13. The van der Waals surface area contributed by atoms with Crippen LogP contribution >= 0.6 is 11.6 Å². The second kappa shape index (κ2) is 22.3. The number of aromatic nitrogens is 2. The highest BCUT2D eigenvalue weighted by molar-refractivity contribution is 6.30. The molecule has 1 aliphatic carbocycles. The van der Waals surface area contributed by atoms with Gasteiger partial charge in [-0.15, -0.1) is 0 Å². The summed E-state index contributed by atoms with van der Waals surface area (Å²) in [6, 6.07) is 33.0. The summed E-state index contributed by atoms with van der Waals surface area (Å²) < 4.78 is 31.5. The van der Waals surface area contributed by atoms with E-state index in [-0.39, 0.29) is 60.3 Å². The fraction of sp³-hybridized carbons (Fsp3) is 0.556. The molecule has 406 valence electrons. The van der Waals surface area contributed by atoms with Crippen molar-refractivity contribution >= 4 is 17.4 Å². The van der Waals surface area contributed by atoms with Gasteiger partial charge in [0.05, 0.1) is 42.5 Å². The maximum atomic E-state index is 17.7. The van der Waals surface area contributed by atoms with Crippen LogP contribution in [0.2, 0.25) is 5.02 Å². The van der Waals surface area contributed by atoms with E-state index < -0.39 is 17.5 Å². The minimum atomic E-state index is -0.919. The fourth-order valence-corrected chi connectivity index (χ4v) is 16.2. The van der Waals surface area contributed by atoms with Gasteiger partial charge in [-0.3, -0.25) is 28.8 Å². The molecule has 11 rings (SSSR count). The number of carbonyl (C=O) groups excluding carboxylic acids is 1. The third-order valence-electron chi connectivity index (χ3n) is 19.8. The molecule has 6 heterocycles. The van der Waals surface area contributed by atoms with Crippen molar-refractivity contribution in [3.8, 4) is 22.8 Å². The SMILES string of the molecule is CCc1ccc(CN2C3C[C@@H](Cc4ccccc4)C4N(C)[C@@H](C)CNC5C[C@H](Cc6ccc(Cl)cc6)N(C)C6[C@@H](COC)NC([C@@H]2CCF)C56C(=O)C43CC)c(Oc2ccc(-c3cnc(CN4CCCC4)n3C)cc2)c1. The number of hydrogen-bond donors (Lipinski definition) is 2. The molecule has 5 aliphatic heterocycles. The number of ketones is 1. The summed E-state index contributed by atoms with van der Waals surface area (Å²) in [5.41, 5.74) is 5.17. The van der Waals surface area contributed by atoms with E-state index in [0.29, 0.717) is 31.8 Å². The van der Waals surface area contributed by atoms with Crippen LogP contribution in [0.1, 0.15) is 87.4 Å². The fourth-order valence-electron chi connectivity index (χ4n) is 16.1. The molecule has 1 saturated carbocycles. The Morgan fingerprint density at radius 3 is 2.30 bits per heavy atom. The zero-order valence-corrected chi connectivity index (χ0v) is 46.8. The van der Waals surface area contributed by atoms with Crippen molar-refractivity contribution in [2.75, 3.05) is 54.1 Å². The molecule has 13 heteroatoms. The zero-order chi connectivity index (χ0) is 52.9. The maximum Gasteiger partial charge on any atom is 0.153 e. The number of methoxy groups -OCH3 is 1. The molecule has 76 heavy (non-hydrogen) atoms. The highest BCUT2D eigenvalue weighted by atomic mass is 35.5. The number of halogens is 2. The normalized spacial score (nSPS) is 32.0. The largest absolute Gasteiger partial charge is 0.457 e. The van der Waals surface area contributed by atoms with E-state index in [2.05, 4.69) is 162 Å². The molecular weight excluding hydrogens is 971 g/mol. The third kappa shape index (κ3) is 9.38. The lowest BCUT2D eigenvalue weighted by Crippen LogP contribution is -2.73. The average molecular weight is 1050 g/mol. The molecule has 2 bridgehead atoms. The van der Waals surface area contributed by atoms with E-state index in [1.807, 2.05) is 18.3 Å². The lowest BCUT2D eigenvalue weighted by molar-refractivity contribution is -0.154. The van der Waals surface area contributed by atoms with Crippen molar-refractivity contribution in [1.82, 2.24) is 39.8 Å². The van der Waals surface area contributed by atoms with Crippen molar-refractivity contribution in [2.24, 2.45) is 23.8 Å². The van der Waals surface area contributed by atoms with Gasteiger partial charge in [-0.25, -0.2) is 4.98 Å². The van der Waals surface area contributed by atoms with Crippen LogP contribution < -0.4 is 15.4 Å². The molecule has 5 aromatic rings. The van der Waals surface area contributed by atoms with Crippen molar-refractivity contribution in [3.05, 3.63) is 136 Å². The van der Waals surface area contributed by atoms with Gasteiger partial charge in [0.25, 0.3) is 0 Å². The Morgan fingerprint density at radius 1 is 0.855 bits per heavy atom. The number of likely N-dealkylation sites (N-methyl/N-ethyl adjacent to an activating group) is 2. The minimum absolute atomic E-state index is 0.0703. The number of ether oxygens (including phenoxy) is 2. The molecule has 7 unspecified atom stereocenters. The monoisotopic (exact) mass is 1050 g/mol. The van der Waals surface area contributed by atoms with Gasteiger partial charge < -0.3 is 24.7 Å². The van der Waals surface area contributed by atoms with Crippen molar-refractivity contribution < 1.29 is 18.7 Å². The summed E-state index contributed by atoms with van der Waals surface area (Å²) in [6.45, 7) is 11.1. The maximum absolute atomic E-state index is 17.7. The first-order valence-electron chi connectivity index (χ1n) is 28.6. The molecule has 5 saturated heterocycles. The van der Waals surface area contributed by atoms with E-state index >= 15 is 9.18 Å². The summed E-state index contributed by atoms with van der Waals surface area (Å²) in [5.74, 6) is 3.14. The number of alkyl halides is 1. The van der Waals surface area contributed by atoms with Gasteiger partial charge in [0.2, 0.25) is 0 Å². The van der Waals surface area contributed by atoms with Crippen LogP contribution in [0.4, 0.5) is 4.39 Å². The van der Waals surface area contributed by atoms with Crippen LogP contribution in [0.15, 0.2) is 103 Å². The van der Waals surface area contributed by atoms with Gasteiger partial charge in [0, 0.05) is 97.8 Å². The van der Waals surface area contributed by atoms with Crippen LogP contribution in [0.25, 0.3) is 11.3 Å². The number of likely N-dealkylation sites (tertiary alicyclic amines) is 3. The standard InChI is InChI=1S/C63H82ClFN8O3/c1-8-42-17-20-46(54(33-42)76-50-25-21-45(22-26-50)53-37-67-57(71(53)6)39-72-29-13-14-30-72)38-73-52(27-28-65)58-63-55(35-49(32-44-18-23-48(64)24-19-44)70(5)60(63)51(68-58)40-75-7)66-36-41(3)69(4)59-47(31-43-15-11-10-12-16-43)34-56(73)62(59,9-2)61(63)74/h10-12,15-26,33,37,41,47,49,51-52,55-56,58-60,66,68H,8-9,13-14,27-32,34-36,38-40H2,1-7H3/t41-,47+,49-,51+,52-,55?,56?,58?,59?,60?,62?,63?/m0/s1. The zero-order valence-electron chi connectivity index (χ0n) is 46.1. The highest BCUT2D eigenvalue weighted by Crippen LogP contribution is 2.63. The first kappa shape index (κ1) is 53.5. The summed E-state index contributed by atoms with van der Waals surface area (Å²) >= 11 is 6.44. The Bertz CT molecular complexity index is 2790. The lowest BCUT2D eigenvalue weighted by atomic mass is 9.54. The van der Waals surface area contributed by atoms with Crippen LogP contribution in [-0.4, -0.2) is 143 Å². The van der Waals surface area contributed by atoms with Crippen LogP contribution in [0.3, 0.4) is 0 Å². The number of imidazole rings is 1. The molecule has 6 aliphatic rings. The first-order chi connectivity index (χ1) is 36.9. The quantitative estimate of drug-likeness (QED) is 0.0939. The lowest BCUT2D eigenvalue weighted by Gasteiger charge is -2.57. The number of nitrogens with zero attached hydrogens (tertiary/aromatic N) is 6. The number of rotatable bonds is 17. The summed E-state index contributed by atoms with van der Waals surface area (Å²) in [6.07, 6.45) is 9.57. The summed E-state index contributed by atoms with van der Waals surface area (Å²) in [7, 11) is 8.43. The van der Waals surface area contributed by atoms with Gasteiger partial charge in [0.15, 0.2) is 5.78 Å². The van der Waals surface area contributed by atoms with Gasteiger partial charge in [-0.1, -0.05) is 80.0 Å². The number of hydrogen-bond acceptors (Lipinski definition) is 10. The number of carbonyl (C=O) groups is 1. The van der Waals surface area contributed by atoms with E-state index in [9.17, 15) is 0 Å². The van der Waals surface area contributed by atoms with Gasteiger partial charge >= 0.3 is 0 Å². The predicted molar refractivity (Wildman–Crippen MR) is 302 cm³/mol. The average Bonchev–Trinajstić information content (AvgIpc) is 4.41. The summed E-state index contributed by atoms with van der Waals surface area (Å²) in [4.78, 5) is 32.8. The Balaban J connectivity index is 1.03. The van der Waals surface area contributed by atoms with E-state index in [4.69, 9.17) is 26.1 Å². The van der Waals surface area contributed by atoms with Crippen LogP contribution in [-0.2, 0) is 48.9 Å². The molecule has 2 N–H and O–H groups in total. The van der Waals surface area contributed by atoms with Gasteiger partial charge in [-0.2, -0.15) is 0 Å². The molecule has 6 fully saturated rings. The molecule has 1 spiro atoms. The topological polar surface area (TPSA) is 90.4 Å². The predicted octanol–water partition coefficient (Wildman–Crippen LogP) is 9.78. The number of Topliss-reactive ketones (excluding diaryl/α,β-unsaturated/α-hetero) is 1. The highest BCUT2D eigenvalue weighted by Gasteiger charge is 2.77. The van der Waals surface area contributed by atoms with Crippen molar-refractivity contribution in [2.45, 2.75) is 146 Å². The van der Waals surface area contributed by atoms with Crippen molar-refractivity contribution in [1.29, 1.82) is 0 Å². The van der Waals surface area contributed by atoms with Crippen LogP contribution in [0, 0.1) is 16.7 Å². The molecule has 0 radical (unpaired) electrons. The minimum Gasteiger partial charge on any atom is -0.457 e. The van der Waals surface area contributed by atoms with Crippen molar-refractivity contribution in [3.63, 3.8) is 0 Å². The van der Waals surface area contributed by atoms with Gasteiger partial charge in [-0.05, 0) is 157 Å². The van der Waals surface area contributed by atoms with Gasteiger partial charge in [0.1, 0.15) is 17.3 Å². The van der Waals surface area contributed by atoms with Crippen LogP contribution in [0.5, 0.6) is 11.5 Å². The number of nitrogens with one attached hydrogen (secondary N) is 2. The second-order valence-electron chi connectivity index (χ2n) is 23.6. The second-order valence-corrected chi connectivity index (χ2v) is 24.0. The number of aryl methyl sites for hydroxylation is 1. The molecule has 11 nitrogen and oxygen atoms in total. The first-order valence-corrected chi connectivity index (χ1v) is 29.0. The molecule has 1 aromatic heterocycles. The smallest absolute Gasteiger partial charge is 0.153 e. The molecule has 12 atom stereocenters. The Labute approximate surface area is 456 Å². The van der Waals surface area contributed by atoms with E-state index in [1.54, 1.807) is 7.11 Å². The Morgan fingerprint density at radius 2 is 1.59 bits per heavy atom. The van der Waals surface area contributed by atoms with E-state index in [1.165, 1.54) is 29.5 Å². The molecule has 4 aromatic carbocycles. The molecular formula is C63H82ClFN8O3. The molecule has 0 amide bonds.